The Hall–Kier alpha value is -0.920. The molecule has 6 unspecified atom stereocenters. The molecule has 6 N–H and O–H groups in total. The van der Waals surface area contributed by atoms with Gasteiger partial charge in [0.15, 0.2) is 0 Å². The van der Waals surface area contributed by atoms with Gasteiger partial charge in [0.05, 0.1) is 13.2 Å². The fraction of sp³-hybridized carbons (Fsp3) is 0.940. The van der Waals surface area contributed by atoms with E-state index in [0.29, 0.717) is 13.0 Å². The van der Waals surface area contributed by atoms with Gasteiger partial charge in [0, 0.05) is 13.0 Å². The van der Waals surface area contributed by atoms with Gasteiger partial charge in [-0.05, 0) is 38.5 Å². The summed E-state index contributed by atoms with van der Waals surface area (Å²) in [6.45, 7) is 4.30. The van der Waals surface area contributed by atoms with Gasteiger partial charge in [0.2, 0.25) is 0 Å². The number of esters is 1. The lowest BCUT2D eigenvalue weighted by Gasteiger charge is -2.41. The Morgan fingerprint density at radius 1 is 0.492 bits per heavy atom. The van der Waals surface area contributed by atoms with Crippen LogP contribution in [0.5, 0.6) is 0 Å². The number of aliphatic hydroxyl groups excluding tert-OH is 5. The first-order valence-electron chi connectivity index (χ1n) is 26.0. The molecule has 6 atom stereocenters. The topological polar surface area (TPSA) is 192 Å². The lowest BCUT2D eigenvalue weighted by Crippen LogP contribution is -2.64. The molecule has 0 aromatic rings. The molecule has 1 aliphatic carbocycles. The second kappa shape index (κ2) is 41.3. The second-order valence-corrected chi connectivity index (χ2v) is 19.8. The molecule has 63 heavy (non-hydrogen) atoms. The molecule has 0 bridgehead atoms. The van der Waals surface area contributed by atoms with Crippen molar-refractivity contribution >= 4 is 13.8 Å². The summed E-state index contributed by atoms with van der Waals surface area (Å²) in [6.07, 6.45) is 34.2. The summed E-state index contributed by atoms with van der Waals surface area (Å²) < 4.78 is 34.3. The van der Waals surface area contributed by atoms with Crippen LogP contribution in [0.3, 0.4) is 0 Å². The Morgan fingerprint density at radius 2 is 0.841 bits per heavy atom. The molecule has 13 heteroatoms. The van der Waals surface area contributed by atoms with Gasteiger partial charge in [-0.3, -0.25) is 13.8 Å². The molecule has 0 aromatic heterocycles. The molecule has 0 aliphatic heterocycles. The largest absolute Gasteiger partial charge is 0.472 e. The maximum Gasteiger partial charge on any atom is 0.472 e. The smallest absolute Gasteiger partial charge is 0.457 e. The van der Waals surface area contributed by atoms with Crippen molar-refractivity contribution in [3.05, 3.63) is 12.2 Å². The van der Waals surface area contributed by atoms with Gasteiger partial charge in [0.25, 0.3) is 0 Å². The van der Waals surface area contributed by atoms with E-state index in [9.17, 15) is 39.8 Å². The van der Waals surface area contributed by atoms with E-state index in [4.69, 9.17) is 18.5 Å². The van der Waals surface area contributed by atoms with Crippen LogP contribution in [-0.2, 0) is 27.9 Å². The van der Waals surface area contributed by atoms with Crippen molar-refractivity contribution in [1.29, 1.82) is 0 Å². The molecule has 1 aliphatic rings. The monoisotopic (exact) mass is 921 g/mol. The summed E-state index contributed by atoms with van der Waals surface area (Å²) in [4.78, 5) is 23.2. The Balaban J connectivity index is 2.33. The SMILES string of the molecule is CCCCCCCC/C=C\CCCCCCCCCC(=O)OC(COCCCCCCCCCCCCCCCCCCCCC)COP(=O)(O)OC1C(O)C(O)C(O)C(O)C1O. The van der Waals surface area contributed by atoms with Crippen LogP contribution in [0.25, 0.3) is 0 Å². The first kappa shape index (κ1) is 60.1. The van der Waals surface area contributed by atoms with Crippen LogP contribution in [0.2, 0.25) is 0 Å². The van der Waals surface area contributed by atoms with E-state index in [0.717, 1.165) is 44.9 Å². The van der Waals surface area contributed by atoms with Crippen LogP contribution in [-0.4, -0.2) is 98.9 Å². The minimum absolute atomic E-state index is 0.0721. The molecular formula is C50H97O12P. The summed E-state index contributed by atoms with van der Waals surface area (Å²) in [7, 11) is -5.02. The maximum absolute atomic E-state index is 12.8. The number of unbranched alkanes of at least 4 members (excludes halogenated alkanes) is 31. The predicted molar refractivity (Wildman–Crippen MR) is 253 cm³/mol. The number of hydrogen-bond donors (Lipinski definition) is 6. The van der Waals surface area contributed by atoms with Gasteiger partial charge in [-0.2, -0.15) is 0 Å². The van der Waals surface area contributed by atoms with Crippen LogP contribution >= 0.6 is 7.82 Å². The highest BCUT2D eigenvalue weighted by molar-refractivity contribution is 7.47. The average molecular weight is 921 g/mol. The van der Waals surface area contributed by atoms with E-state index < -0.39 is 63.1 Å². The fourth-order valence-electron chi connectivity index (χ4n) is 8.23. The predicted octanol–water partition coefficient (Wildman–Crippen LogP) is 11.5. The molecule has 0 aromatic carbocycles. The number of phosphoric acid groups is 1. The molecule has 1 rings (SSSR count). The number of carbonyl (C=O) groups is 1. The molecule has 0 amide bonds. The summed E-state index contributed by atoms with van der Waals surface area (Å²) >= 11 is 0. The van der Waals surface area contributed by atoms with Crippen LogP contribution < -0.4 is 0 Å². The third kappa shape index (κ3) is 33.2. The molecule has 0 saturated heterocycles. The Kier molecular flexibility index (Phi) is 39.4. The molecule has 0 radical (unpaired) electrons. The van der Waals surface area contributed by atoms with Crippen molar-refractivity contribution < 1.29 is 58.3 Å². The lowest BCUT2D eigenvalue weighted by atomic mass is 9.85. The average Bonchev–Trinajstić information content (AvgIpc) is 3.27. The van der Waals surface area contributed by atoms with Crippen LogP contribution in [0, 0.1) is 0 Å². The minimum atomic E-state index is -5.02. The maximum atomic E-state index is 12.8. The lowest BCUT2D eigenvalue weighted by molar-refractivity contribution is -0.220. The number of carbonyl (C=O) groups excluding carboxylic acids is 1. The number of ether oxygens (including phenoxy) is 2. The van der Waals surface area contributed by atoms with Gasteiger partial charge >= 0.3 is 13.8 Å². The second-order valence-electron chi connectivity index (χ2n) is 18.4. The molecular weight excluding hydrogens is 824 g/mol. The molecule has 1 fully saturated rings. The fourth-order valence-corrected chi connectivity index (χ4v) is 9.21. The Morgan fingerprint density at radius 3 is 1.25 bits per heavy atom. The van der Waals surface area contributed by atoms with E-state index >= 15 is 0 Å². The zero-order valence-corrected chi connectivity index (χ0v) is 41.0. The molecule has 0 spiro atoms. The zero-order chi connectivity index (χ0) is 46.2. The first-order valence-corrected chi connectivity index (χ1v) is 27.5. The van der Waals surface area contributed by atoms with E-state index in [-0.39, 0.29) is 13.0 Å². The standard InChI is InChI=1S/C50H97O12P/c1-3-5-7-9-11-13-15-17-19-21-22-24-26-28-30-32-34-36-38-40-59-41-43(42-60-63(57,58)62-50-48(55)46(53)45(52)47(54)49(50)56)61-44(51)39-37-35-33-31-29-27-25-23-20-18-16-14-12-10-8-6-4-2/h18,20,43,45-50,52-56H,3-17,19,21-42H2,1-2H3,(H,57,58)/b20-18-. The third-order valence-electron chi connectivity index (χ3n) is 12.4. The molecule has 374 valence electrons. The number of hydrogen-bond acceptors (Lipinski definition) is 11. The zero-order valence-electron chi connectivity index (χ0n) is 40.1. The van der Waals surface area contributed by atoms with Crippen molar-refractivity contribution in [3.63, 3.8) is 0 Å². The van der Waals surface area contributed by atoms with Gasteiger partial charge in [-0.15, -0.1) is 0 Å². The molecule has 12 nitrogen and oxygen atoms in total. The minimum Gasteiger partial charge on any atom is -0.457 e. The van der Waals surface area contributed by atoms with Crippen molar-refractivity contribution in [3.8, 4) is 0 Å². The van der Waals surface area contributed by atoms with Crippen LogP contribution in [0.15, 0.2) is 12.2 Å². The summed E-state index contributed by atoms with van der Waals surface area (Å²) in [6, 6.07) is 0. The highest BCUT2D eigenvalue weighted by Crippen LogP contribution is 2.47. The highest BCUT2D eigenvalue weighted by atomic mass is 31.2. The Labute approximate surface area is 384 Å². The normalized spacial score (nSPS) is 21.8. The van der Waals surface area contributed by atoms with Crippen molar-refractivity contribution in [2.24, 2.45) is 0 Å². The summed E-state index contributed by atoms with van der Waals surface area (Å²) in [5, 5.41) is 50.3. The molecule has 1 saturated carbocycles. The van der Waals surface area contributed by atoms with Gasteiger partial charge in [-0.1, -0.05) is 206 Å². The van der Waals surface area contributed by atoms with E-state index in [2.05, 4.69) is 26.0 Å². The number of allylic oxidation sites excluding steroid dienone is 2. The Bertz CT molecular complexity index is 1100. The number of rotatable bonds is 45. The summed E-state index contributed by atoms with van der Waals surface area (Å²) in [5.41, 5.74) is 0. The van der Waals surface area contributed by atoms with Crippen LogP contribution in [0.4, 0.5) is 0 Å². The van der Waals surface area contributed by atoms with Crippen molar-refractivity contribution in [2.45, 2.75) is 281 Å². The summed E-state index contributed by atoms with van der Waals surface area (Å²) in [5.74, 6) is -0.476. The highest BCUT2D eigenvalue weighted by Gasteiger charge is 2.51. The van der Waals surface area contributed by atoms with Crippen molar-refractivity contribution in [2.75, 3.05) is 19.8 Å². The van der Waals surface area contributed by atoms with E-state index in [1.807, 2.05) is 0 Å². The number of phosphoric ester groups is 1. The number of aliphatic hydroxyl groups is 5. The van der Waals surface area contributed by atoms with E-state index in [1.165, 1.54) is 167 Å². The van der Waals surface area contributed by atoms with E-state index in [1.54, 1.807) is 0 Å². The van der Waals surface area contributed by atoms with Gasteiger partial charge < -0.3 is 39.9 Å². The quantitative estimate of drug-likeness (QED) is 0.0147. The first-order chi connectivity index (χ1) is 30.5. The third-order valence-corrected chi connectivity index (χ3v) is 13.4. The van der Waals surface area contributed by atoms with Crippen molar-refractivity contribution in [1.82, 2.24) is 0 Å². The van der Waals surface area contributed by atoms with Gasteiger partial charge in [0.1, 0.15) is 42.7 Å². The molecule has 0 heterocycles. The van der Waals surface area contributed by atoms with Gasteiger partial charge in [-0.25, -0.2) is 4.57 Å². The van der Waals surface area contributed by atoms with Crippen LogP contribution in [0.1, 0.15) is 239 Å².